The number of para-hydroxylation sites is 1. The average molecular weight is 245 g/mol. The summed E-state index contributed by atoms with van der Waals surface area (Å²) < 4.78 is 5.45. The first-order chi connectivity index (χ1) is 8.81. The van der Waals surface area contributed by atoms with Crippen LogP contribution in [0.4, 0.5) is 0 Å². The molecule has 0 unspecified atom stereocenters. The van der Waals surface area contributed by atoms with Crippen molar-refractivity contribution in [1.82, 2.24) is 5.32 Å². The van der Waals surface area contributed by atoms with Crippen LogP contribution >= 0.6 is 0 Å². The lowest BCUT2D eigenvalue weighted by Gasteiger charge is -2.22. The van der Waals surface area contributed by atoms with Crippen LogP contribution in [0.3, 0.4) is 0 Å². The molecule has 1 amide bonds. The second-order valence-electron chi connectivity index (χ2n) is 5.45. The Morgan fingerprint density at radius 1 is 1.22 bits per heavy atom. The van der Waals surface area contributed by atoms with Crippen molar-refractivity contribution in [1.29, 1.82) is 0 Å². The zero-order chi connectivity index (χ0) is 12.4. The molecule has 3 rings (SSSR count). The summed E-state index contributed by atoms with van der Waals surface area (Å²) in [6.45, 7) is 0.123. The Kier molecular flexibility index (Phi) is 3.22. The molecule has 2 saturated carbocycles. The maximum Gasteiger partial charge on any atom is 0.258 e. The highest BCUT2D eigenvalue weighted by molar-refractivity contribution is 5.77. The monoisotopic (exact) mass is 245 g/mol. The zero-order valence-electron chi connectivity index (χ0n) is 10.5. The van der Waals surface area contributed by atoms with E-state index >= 15 is 0 Å². The summed E-state index contributed by atoms with van der Waals surface area (Å²) >= 11 is 0. The summed E-state index contributed by atoms with van der Waals surface area (Å²) in [4.78, 5) is 11.8. The predicted molar refractivity (Wildman–Crippen MR) is 69.3 cm³/mol. The molecule has 0 aliphatic heterocycles. The number of rotatable bonds is 4. The van der Waals surface area contributed by atoms with Crippen LogP contribution in [0.25, 0.3) is 0 Å². The number of hydrogen-bond donors (Lipinski definition) is 1. The van der Waals surface area contributed by atoms with Gasteiger partial charge >= 0.3 is 0 Å². The highest BCUT2D eigenvalue weighted by Crippen LogP contribution is 2.44. The van der Waals surface area contributed by atoms with Crippen molar-refractivity contribution >= 4 is 5.91 Å². The first-order valence-corrected chi connectivity index (χ1v) is 6.78. The fourth-order valence-corrected chi connectivity index (χ4v) is 3.34. The third-order valence-electron chi connectivity index (χ3n) is 4.20. The van der Waals surface area contributed by atoms with Gasteiger partial charge in [0.1, 0.15) is 5.75 Å². The largest absolute Gasteiger partial charge is 0.484 e. The maximum atomic E-state index is 11.8. The van der Waals surface area contributed by atoms with Crippen LogP contribution in [-0.4, -0.2) is 18.6 Å². The Hall–Kier alpha value is -1.51. The van der Waals surface area contributed by atoms with E-state index in [1.165, 1.54) is 25.7 Å². The molecule has 2 aliphatic carbocycles. The van der Waals surface area contributed by atoms with Crippen LogP contribution in [-0.2, 0) is 4.79 Å². The summed E-state index contributed by atoms with van der Waals surface area (Å²) in [5.41, 5.74) is 0. The third-order valence-corrected chi connectivity index (χ3v) is 4.20. The Morgan fingerprint density at radius 2 is 2.06 bits per heavy atom. The van der Waals surface area contributed by atoms with E-state index < -0.39 is 0 Å². The van der Waals surface area contributed by atoms with Crippen LogP contribution in [0.5, 0.6) is 5.75 Å². The van der Waals surface area contributed by atoms with Gasteiger partial charge in [0.15, 0.2) is 6.61 Å². The fourth-order valence-electron chi connectivity index (χ4n) is 3.34. The highest BCUT2D eigenvalue weighted by atomic mass is 16.5. The van der Waals surface area contributed by atoms with E-state index in [-0.39, 0.29) is 12.5 Å². The highest BCUT2D eigenvalue weighted by Gasteiger charge is 2.39. The number of ether oxygens (including phenoxy) is 1. The maximum absolute atomic E-state index is 11.8. The van der Waals surface area contributed by atoms with E-state index in [0.717, 1.165) is 17.6 Å². The van der Waals surface area contributed by atoms with E-state index in [1.54, 1.807) is 0 Å². The molecule has 0 heterocycles. The van der Waals surface area contributed by atoms with Gasteiger partial charge in [0.05, 0.1) is 0 Å². The minimum absolute atomic E-state index is 0.0106. The number of benzene rings is 1. The Morgan fingerprint density at radius 3 is 2.72 bits per heavy atom. The molecule has 2 fully saturated rings. The second-order valence-corrected chi connectivity index (χ2v) is 5.45. The normalized spacial score (nSPS) is 29.2. The van der Waals surface area contributed by atoms with Crippen molar-refractivity contribution in [3.05, 3.63) is 30.3 Å². The van der Waals surface area contributed by atoms with E-state index in [9.17, 15) is 4.79 Å². The molecule has 3 atom stereocenters. The molecule has 96 valence electrons. The second kappa shape index (κ2) is 5.01. The van der Waals surface area contributed by atoms with E-state index in [4.69, 9.17) is 4.74 Å². The summed E-state index contributed by atoms with van der Waals surface area (Å²) in [5.74, 6) is 2.34. The van der Waals surface area contributed by atoms with Gasteiger partial charge in [-0.15, -0.1) is 0 Å². The van der Waals surface area contributed by atoms with Crippen LogP contribution < -0.4 is 10.1 Å². The molecule has 1 N–H and O–H groups in total. The molecule has 0 spiro atoms. The van der Waals surface area contributed by atoms with Gasteiger partial charge in [0.25, 0.3) is 5.91 Å². The SMILES string of the molecule is O=C(COc1ccccc1)N[C@H]1C[C@@H]2CC[C@@H]1C2. The Balaban J connectivity index is 1.45. The zero-order valence-corrected chi connectivity index (χ0v) is 10.5. The third kappa shape index (κ3) is 2.50. The lowest BCUT2D eigenvalue weighted by atomic mass is 9.95. The van der Waals surface area contributed by atoms with Crippen LogP contribution in [0.15, 0.2) is 30.3 Å². The number of carbonyl (C=O) groups excluding carboxylic acids is 1. The molecule has 2 bridgehead atoms. The van der Waals surface area contributed by atoms with Crippen LogP contribution in [0.1, 0.15) is 25.7 Å². The molecule has 1 aromatic carbocycles. The number of nitrogens with one attached hydrogen (secondary N) is 1. The summed E-state index contributed by atoms with van der Waals surface area (Å²) in [5, 5.41) is 3.12. The van der Waals surface area contributed by atoms with E-state index in [1.807, 2.05) is 30.3 Å². The molecule has 1 aromatic rings. The molecular weight excluding hydrogens is 226 g/mol. The molecule has 18 heavy (non-hydrogen) atoms. The number of fused-ring (bicyclic) bond motifs is 2. The molecule has 0 radical (unpaired) electrons. The van der Waals surface area contributed by atoms with Gasteiger partial charge in [0, 0.05) is 6.04 Å². The van der Waals surface area contributed by atoms with Crippen molar-refractivity contribution in [3.63, 3.8) is 0 Å². The van der Waals surface area contributed by atoms with Crippen molar-refractivity contribution in [2.45, 2.75) is 31.7 Å². The molecule has 0 saturated heterocycles. The van der Waals surface area contributed by atoms with Crippen molar-refractivity contribution < 1.29 is 9.53 Å². The lowest BCUT2D eigenvalue weighted by molar-refractivity contribution is -0.124. The van der Waals surface area contributed by atoms with Gasteiger partial charge in [-0.25, -0.2) is 0 Å². The molecule has 3 nitrogen and oxygen atoms in total. The van der Waals surface area contributed by atoms with Crippen LogP contribution in [0.2, 0.25) is 0 Å². The molecule has 0 aromatic heterocycles. The van der Waals surface area contributed by atoms with Crippen molar-refractivity contribution in [3.8, 4) is 5.75 Å². The van der Waals surface area contributed by atoms with E-state index in [0.29, 0.717) is 6.04 Å². The van der Waals surface area contributed by atoms with Gasteiger partial charge in [-0.2, -0.15) is 0 Å². The average Bonchev–Trinajstić information content (AvgIpc) is 3.00. The quantitative estimate of drug-likeness (QED) is 0.884. The molecule has 3 heteroatoms. The van der Waals surface area contributed by atoms with Gasteiger partial charge in [-0.1, -0.05) is 24.6 Å². The minimum atomic E-state index is 0.0106. The van der Waals surface area contributed by atoms with Gasteiger partial charge < -0.3 is 10.1 Å². The van der Waals surface area contributed by atoms with Gasteiger partial charge in [0.2, 0.25) is 0 Å². The summed E-state index contributed by atoms with van der Waals surface area (Å²) in [6.07, 6.45) is 5.12. The van der Waals surface area contributed by atoms with Crippen LogP contribution in [0, 0.1) is 11.8 Å². The topological polar surface area (TPSA) is 38.3 Å². The fraction of sp³-hybridized carbons (Fsp3) is 0.533. The first kappa shape index (κ1) is 11.6. The summed E-state index contributed by atoms with van der Waals surface area (Å²) in [6, 6.07) is 9.88. The lowest BCUT2D eigenvalue weighted by Crippen LogP contribution is -2.40. The van der Waals surface area contributed by atoms with Crippen molar-refractivity contribution in [2.24, 2.45) is 11.8 Å². The minimum Gasteiger partial charge on any atom is -0.484 e. The Bertz CT molecular complexity index is 418. The smallest absolute Gasteiger partial charge is 0.258 e. The predicted octanol–water partition coefficient (Wildman–Crippen LogP) is 2.37. The van der Waals surface area contributed by atoms with E-state index in [2.05, 4.69) is 5.32 Å². The molecule has 2 aliphatic rings. The molecular formula is C15H19NO2. The van der Waals surface area contributed by atoms with Gasteiger partial charge in [-0.3, -0.25) is 4.79 Å². The summed E-state index contributed by atoms with van der Waals surface area (Å²) in [7, 11) is 0. The standard InChI is InChI=1S/C15H19NO2/c17-15(10-18-13-4-2-1-3-5-13)16-14-9-11-6-7-12(14)8-11/h1-5,11-12,14H,6-10H2,(H,16,17)/t11-,12-,14+/m1/s1. The Labute approximate surface area is 108 Å². The number of amides is 1. The number of hydrogen-bond acceptors (Lipinski definition) is 2. The van der Waals surface area contributed by atoms with Crippen molar-refractivity contribution in [2.75, 3.05) is 6.61 Å². The van der Waals surface area contributed by atoms with Gasteiger partial charge in [-0.05, 0) is 43.2 Å². The number of carbonyl (C=O) groups is 1. The first-order valence-electron chi connectivity index (χ1n) is 6.78.